The molecule has 1 aromatic carbocycles. The Bertz CT molecular complexity index is 372. The Kier molecular flexibility index (Phi) is 3.87. The van der Waals surface area contributed by atoms with Crippen molar-refractivity contribution in [1.29, 1.82) is 0 Å². The molecule has 0 amide bonds. The molecule has 2 rings (SSSR count). The first-order chi connectivity index (χ1) is 7.69. The zero-order valence-corrected chi connectivity index (χ0v) is 11.1. The molecule has 0 radical (unpaired) electrons. The third-order valence-corrected chi connectivity index (χ3v) is 4.39. The van der Waals surface area contributed by atoms with Crippen LogP contribution in [-0.2, 0) is 0 Å². The summed E-state index contributed by atoms with van der Waals surface area (Å²) in [7, 11) is 1.64. The molecule has 1 saturated heterocycles. The monoisotopic (exact) mass is 257 g/mol. The van der Waals surface area contributed by atoms with Gasteiger partial charge in [-0.25, -0.2) is 0 Å². The molecule has 0 spiro atoms. The minimum atomic E-state index is 0.561. The van der Waals surface area contributed by atoms with Gasteiger partial charge in [-0.05, 0) is 18.6 Å². The molecule has 1 aromatic rings. The Balaban J connectivity index is 2.04. The Morgan fingerprint density at radius 2 is 2.31 bits per heavy atom. The molecule has 0 saturated carbocycles. The predicted octanol–water partition coefficient (Wildman–Crippen LogP) is 3.65. The Hall–Kier alpha value is -0.540. The van der Waals surface area contributed by atoms with Crippen LogP contribution in [0, 0.1) is 0 Å². The van der Waals surface area contributed by atoms with Crippen molar-refractivity contribution >= 4 is 29.1 Å². The first-order valence-corrected chi connectivity index (χ1v) is 6.83. The Morgan fingerprint density at radius 3 is 2.94 bits per heavy atom. The quantitative estimate of drug-likeness (QED) is 0.893. The van der Waals surface area contributed by atoms with Gasteiger partial charge in [0.05, 0.1) is 12.1 Å². The van der Waals surface area contributed by atoms with Gasteiger partial charge in [-0.3, -0.25) is 0 Å². The zero-order valence-electron chi connectivity index (χ0n) is 9.50. The average molecular weight is 258 g/mol. The first kappa shape index (κ1) is 11.9. The van der Waals surface area contributed by atoms with Gasteiger partial charge in [0, 0.05) is 28.8 Å². The molecule has 1 heterocycles. The largest absolute Gasteiger partial charge is 0.495 e. The van der Waals surface area contributed by atoms with Crippen LogP contribution < -0.4 is 10.1 Å². The smallest absolute Gasteiger partial charge is 0.139 e. The second-order valence-corrected chi connectivity index (χ2v) is 5.95. The normalized spacial score (nSPS) is 24.4. The lowest BCUT2D eigenvalue weighted by Gasteiger charge is -2.14. The topological polar surface area (TPSA) is 21.3 Å². The maximum absolute atomic E-state index is 5.98. The molecule has 16 heavy (non-hydrogen) atoms. The predicted molar refractivity (Wildman–Crippen MR) is 72.0 cm³/mol. The molecule has 2 nitrogen and oxygen atoms in total. The highest BCUT2D eigenvalue weighted by molar-refractivity contribution is 8.00. The number of rotatable bonds is 3. The lowest BCUT2D eigenvalue weighted by molar-refractivity contribution is 0.415. The lowest BCUT2D eigenvalue weighted by Crippen LogP contribution is -2.18. The SMILES string of the molecule is COc1cc(NC2CSC(C)C2)ccc1Cl. The van der Waals surface area contributed by atoms with Gasteiger partial charge in [0.25, 0.3) is 0 Å². The number of halogens is 1. The molecule has 2 unspecified atom stereocenters. The summed E-state index contributed by atoms with van der Waals surface area (Å²) in [5, 5.41) is 4.92. The van der Waals surface area contributed by atoms with E-state index in [-0.39, 0.29) is 0 Å². The maximum Gasteiger partial charge on any atom is 0.139 e. The van der Waals surface area contributed by atoms with Gasteiger partial charge < -0.3 is 10.1 Å². The summed E-state index contributed by atoms with van der Waals surface area (Å²) in [5.41, 5.74) is 1.08. The van der Waals surface area contributed by atoms with Crippen LogP contribution in [0.4, 0.5) is 5.69 Å². The molecule has 1 N–H and O–H groups in total. The van der Waals surface area contributed by atoms with Crippen LogP contribution in [-0.4, -0.2) is 24.2 Å². The van der Waals surface area contributed by atoms with Gasteiger partial charge in [-0.15, -0.1) is 0 Å². The molecule has 0 bridgehead atoms. The second kappa shape index (κ2) is 5.19. The molecule has 1 aliphatic heterocycles. The number of thioether (sulfide) groups is 1. The fraction of sp³-hybridized carbons (Fsp3) is 0.500. The third-order valence-electron chi connectivity index (χ3n) is 2.72. The van der Waals surface area contributed by atoms with Gasteiger partial charge in [-0.1, -0.05) is 18.5 Å². The lowest BCUT2D eigenvalue weighted by atomic mass is 10.2. The summed E-state index contributed by atoms with van der Waals surface area (Å²) in [6, 6.07) is 6.38. The summed E-state index contributed by atoms with van der Waals surface area (Å²) >= 11 is 8.00. The average Bonchev–Trinajstić information content (AvgIpc) is 2.67. The van der Waals surface area contributed by atoms with Crippen LogP contribution in [0.15, 0.2) is 18.2 Å². The van der Waals surface area contributed by atoms with E-state index in [1.165, 1.54) is 12.2 Å². The highest BCUT2D eigenvalue weighted by Crippen LogP contribution is 2.31. The van der Waals surface area contributed by atoms with E-state index in [1.54, 1.807) is 7.11 Å². The minimum absolute atomic E-state index is 0.561. The van der Waals surface area contributed by atoms with Crippen LogP contribution in [0.3, 0.4) is 0 Å². The standard InChI is InChI=1S/C12H16ClNOS/c1-8-5-10(7-16-8)14-9-3-4-11(13)12(6-9)15-2/h3-4,6,8,10,14H,5,7H2,1-2H3. The second-order valence-electron chi connectivity index (χ2n) is 4.07. The minimum Gasteiger partial charge on any atom is -0.495 e. The molecule has 4 heteroatoms. The Labute approximate surface area is 106 Å². The number of hydrogen-bond donors (Lipinski definition) is 1. The van der Waals surface area contributed by atoms with E-state index >= 15 is 0 Å². The van der Waals surface area contributed by atoms with Crippen LogP contribution in [0.1, 0.15) is 13.3 Å². The number of methoxy groups -OCH3 is 1. The fourth-order valence-electron chi connectivity index (χ4n) is 1.90. The highest BCUT2D eigenvalue weighted by Gasteiger charge is 2.21. The number of hydrogen-bond acceptors (Lipinski definition) is 3. The van der Waals surface area contributed by atoms with Crippen molar-refractivity contribution in [3.05, 3.63) is 23.2 Å². The van der Waals surface area contributed by atoms with Crippen molar-refractivity contribution in [3.8, 4) is 5.75 Å². The van der Waals surface area contributed by atoms with Crippen molar-refractivity contribution in [1.82, 2.24) is 0 Å². The van der Waals surface area contributed by atoms with E-state index in [0.29, 0.717) is 11.1 Å². The molecule has 88 valence electrons. The van der Waals surface area contributed by atoms with Crippen molar-refractivity contribution in [2.24, 2.45) is 0 Å². The van der Waals surface area contributed by atoms with Crippen molar-refractivity contribution in [3.63, 3.8) is 0 Å². The molecule has 1 aliphatic rings. The van der Waals surface area contributed by atoms with E-state index in [4.69, 9.17) is 16.3 Å². The molecule has 2 atom stereocenters. The van der Waals surface area contributed by atoms with Crippen molar-refractivity contribution in [2.75, 3.05) is 18.2 Å². The van der Waals surface area contributed by atoms with Crippen LogP contribution in [0.2, 0.25) is 5.02 Å². The van der Waals surface area contributed by atoms with Gasteiger partial charge >= 0.3 is 0 Å². The van der Waals surface area contributed by atoms with E-state index in [1.807, 2.05) is 30.0 Å². The summed E-state index contributed by atoms with van der Waals surface area (Å²) in [4.78, 5) is 0. The van der Waals surface area contributed by atoms with Crippen LogP contribution in [0.25, 0.3) is 0 Å². The van der Waals surface area contributed by atoms with Crippen molar-refractivity contribution < 1.29 is 4.74 Å². The number of nitrogens with one attached hydrogen (secondary N) is 1. The summed E-state index contributed by atoms with van der Waals surface area (Å²) in [6.45, 7) is 2.27. The summed E-state index contributed by atoms with van der Waals surface area (Å²) in [5.74, 6) is 1.90. The Morgan fingerprint density at radius 1 is 1.50 bits per heavy atom. The van der Waals surface area contributed by atoms with Crippen LogP contribution >= 0.6 is 23.4 Å². The molecular weight excluding hydrogens is 242 g/mol. The van der Waals surface area contributed by atoms with Gasteiger partial charge in [0.2, 0.25) is 0 Å². The highest BCUT2D eigenvalue weighted by atomic mass is 35.5. The van der Waals surface area contributed by atoms with Gasteiger partial charge in [0.1, 0.15) is 5.75 Å². The van der Waals surface area contributed by atoms with E-state index < -0.39 is 0 Å². The maximum atomic E-state index is 5.98. The zero-order chi connectivity index (χ0) is 11.5. The number of anilines is 1. The molecule has 0 aromatic heterocycles. The van der Waals surface area contributed by atoms with Crippen molar-refractivity contribution in [2.45, 2.75) is 24.6 Å². The molecular formula is C12H16ClNOS. The summed E-state index contributed by atoms with van der Waals surface area (Å²) < 4.78 is 5.19. The third kappa shape index (κ3) is 2.77. The molecule has 1 fully saturated rings. The van der Waals surface area contributed by atoms with E-state index in [0.717, 1.165) is 16.7 Å². The van der Waals surface area contributed by atoms with E-state index in [9.17, 15) is 0 Å². The van der Waals surface area contributed by atoms with Gasteiger partial charge in [-0.2, -0.15) is 11.8 Å². The fourth-order valence-corrected chi connectivity index (χ4v) is 3.25. The van der Waals surface area contributed by atoms with Gasteiger partial charge in [0.15, 0.2) is 0 Å². The van der Waals surface area contributed by atoms with E-state index in [2.05, 4.69) is 12.2 Å². The summed E-state index contributed by atoms with van der Waals surface area (Å²) in [6.07, 6.45) is 1.22. The first-order valence-electron chi connectivity index (χ1n) is 5.40. The van der Waals surface area contributed by atoms with Crippen LogP contribution in [0.5, 0.6) is 5.75 Å². The number of ether oxygens (including phenoxy) is 1. The molecule has 0 aliphatic carbocycles. The number of benzene rings is 1.